The smallest absolute Gasteiger partial charge is 0.1000 e. The van der Waals surface area contributed by atoms with E-state index in [0.717, 1.165) is 6.42 Å². The van der Waals surface area contributed by atoms with Crippen LogP contribution in [-0.2, 0) is 10.8 Å². The van der Waals surface area contributed by atoms with Gasteiger partial charge in [-0.25, -0.2) is 0 Å². The molecule has 6 aromatic rings. The topological polar surface area (TPSA) is 0 Å². The second-order valence-electron chi connectivity index (χ2n) is 12.5. The maximum Gasteiger partial charge on any atom is 0.107 e. The maximum absolute atomic E-state index is 4.06. The molecule has 6 aliphatic carbocycles. The van der Waals surface area contributed by atoms with Gasteiger partial charge in [0.05, 0.1) is 5.41 Å². The Balaban J connectivity index is 1.26. The Morgan fingerprint density at radius 2 is 0.651 bits per heavy atom. The lowest BCUT2D eigenvalue weighted by Crippen LogP contribution is -2.42. The van der Waals surface area contributed by atoms with Crippen LogP contribution in [0.2, 0.25) is 0 Å². The Kier molecular flexibility index (Phi) is 4.50. The van der Waals surface area contributed by atoms with E-state index in [1.54, 1.807) is 0 Å². The predicted octanol–water partition coefficient (Wildman–Crippen LogP) is 9.06. The van der Waals surface area contributed by atoms with Gasteiger partial charge in [-0.3, -0.25) is 0 Å². The van der Waals surface area contributed by atoms with Gasteiger partial charge in [-0.05, 0) is 66.8 Å². The van der Waals surface area contributed by atoms with E-state index in [-0.39, 0.29) is 17.3 Å². The first-order chi connectivity index (χ1) is 21.3. The lowest BCUT2D eigenvalue weighted by Gasteiger charge is -2.50. The molecule has 6 aliphatic rings. The van der Waals surface area contributed by atoms with E-state index in [4.69, 9.17) is 0 Å². The molecule has 0 N–H and O–H groups in total. The Hall–Kier alpha value is -5.12. The van der Waals surface area contributed by atoms with Gasteiger partial charge in [0.2, 0.25) is 0 Å². The van der Waals surface area contributed by atoms with Gasteiger partial charge < -0.3 is 0 Å². The third-order valence-corrected chi connectivity index (χ3v) is 10.9. The van der Waals surface area contributed by atoms with E-state index >= 15 is 0 Å². The zero-order chi connectivity index (χ0) is 28.2. The number of hydrogen-bond donors (Lipinski definition) is 0. The van der Waals surface area contributed by atoms with Crippen LogP contribution in [0, 0.1) is 11.8 Å². The van der Waals surface area contributed by atoms with E-state index in [1.807, 2.05) is 0 Å². The molecule has 0 nitrogen and oxygen atoms in total. The molecule has 0 unspecified atom stereocenters. The van der Waals surface area contributed by atoms with Crippen molar-refractivity contribution in [2.24, 2.45) is 0 Å². The average Bonchev–Trinajstić information content (AvgIpc) is 3.08. The maximum atomic E-state index is 4.06. The average molecular weight is 545 g/mol. The molecule has 0 aliphatic heterocycles. The summed E-state index contributed by atoms with van der Waals surface area (Å²) in [5.74, 6) is 8.54. The SMILES string of the molecule is C(#CC12c3ccccc3C(c3ccccc31)c1ccccc12)CC12c3ccccc3C(c3ccccc31)c1ccccc12. The molecular formula is C43H28. The predicted molar refractivity (Wildman–Crippen MR) is 173 cm³/mol. The van der Waals surface area contributed by atoms with Gasteiger partial charge in [-0.15, -0.1) is 0 Å². The van der Waals surface area contributed by atoms with Crippen LogP contribution in [-0.4, -0.2) is 0 Å². The normalized spacial score (nSPS) is 23.9. The van der Waals surface area contributed by atoms with Crippen LogP contribution in [0.5, 0.6) is 0 Å². The van der Waals surface area contributed by atoms with Crippen molar-refractivity contribution >= 4 is 0 Å². The van der Waals surface area contributed by atoms with E-state index in [1.165, 1.54) is 66.8 Å². The first-order valence-electron chi connectivity index (χ1n) is 15.4. The fraction of sp³-hybridized carbons (Fsp3) is 0.116. The van der Waals surface area contributed by atoms with Crippen molar-refractivity contribution in [3.8, 4) is 11.8 Å². The van der Waals surface area contributed by atoms with Gasteiger partial charge >= 0.3 is 0 Å². The van der Waals surface area contributed by atoms with E-state index < -0.39 is 5.41 Å². The van der Waals surface area contributed by atoms with Crippen LogP contribution in [0.3, 0.4) is 0 Å². The highest BCUT2D eigenvalue weighted by atomic mass is 14.5. The lowest BCUT2D eigenvalue weighted by atomic mass is 9.51. The molecule has 0 saturated carbocycles. The van der Waals surface area contributed by atoms with Crippen molar-refractivity contribution in [1.82, 2.24) is 0 Å². The zero-order valence-corrected chi connectivity index (χ0v) is 23.7. The number of hydrogen-bond acceptors (Lipinski definition) is 0. The minimum Gasteiger partial charge on any atom is -0.1000 e. The van der Waals surface area contributed by atoms with Gasteiger partial charge in [0.1, 0.15) is 5.41 Å². The van der Waals surface area contributed by atoms with Crippen LogP contribution in [0.1, 0.15) is 85.0 Å². The largest absolute Gasteiger partial charge is 0.107 e. The van der Waals surface area contributed by atoms with E-state index in [2.05, 4.69) is 157 Å². The van der Waals surface area contributed by atoms with Crippen LogP contribution < -0.4 is 0 Å². The molecule has 0 heteroatoms. The molecule has 6 aromatic carbocycles. The molecule has 0 fully saturated rings. The highest BCUT2D eigenvalue weighted by molar-refractivity contribution is 5.76. The summed E-state index contributed by atoms with van der Waals surface area (Å²) in [7, 11) is 0. The molecule has 0 heterocycles. The Bertz CT molecular complexity index is 1970. The minimum absolute atomic E-state index is 0.255. The van der Waals surface area contributed by atoms with Crippen molar-refractivity contribution < 1.29 is 0 Å². The molecule has 0 atom stereocenters. The molecule has 0 spiro atoms. The lowest BCUT2D eigenvalue weighted by molar-refractivity contribution is 0.556. The highest BCUT2D eigenvalue weighted by Gasteiger charge is 2.53. The second kappa shape index (κ2) is 8.25. The monoisotopic (exact) mass is 544 g/mol. The van der Waals surface area contributed by atoms with Crippen molar-refractivity contribution in [2.45, 2.75) is 29.1 Å². The molecule has 0 aromatic heterocycles. The molecular weight excluding hydrogens is 516 g/mol. The first-order valence-corrected chi connectivity index (χ1v) is 15.4. The molecule has 4 bridgehead atoms. The third-order valence-electron chi connectivity index (χ3n) is 10.9. The molecule has 200 valence electrons. The third kappa shape index (κ3) is 2.70. The fourth-order valence-corrected chi connectivity index (χ4v) is 9.36. The van der Waals surface area contributed by atoms with Gasteiger partial charge in [-0.1, -0.05) is 157 Å². The van der Waals surface area contributed by atoms with Gasteiger partial charge in [0.25, 0.3) is 0 Å². The summed E-state index contributed by atoms with van der Waals surface area (Å²) in [4.78, 5) is 0. The summed E-state index contributed by atoms with van der Waals surface area (Å²) in [6.45, 7) is 0. The molecule has 12 rings (SSSR count). The van der Waals surface area contributed by atoms with Crippen molar-refractivity contribution in [3.05, 3.63) is 212 Å². The summed E-state index contributed by atoms with van der Waals surface area (Å²) < 4.78 is 0. The van der Waals surface area contributed by atoms with E-state index in [0.29, 0.717) is 0 Å². The first kappa shape index (κ1) is 23.4. The Morgan fingerprint density at radius 1 is 0.372 bits per heavy atom. The Morgan fingerprint density at radius 3 is 1.00 bits per heavy atom. The standard InChI is InChI=1S/C43H28/c1-7-20-34-28(14-1)40-29-15-2-8-21-35(29)42(34,36-22-9-3-16-30(36)40)26-13-27-43-37-23-10-4-17-31(37)41(32-18-5-11-24-38(32)43)33-19-6-12-25-39(33)43/h1-12,14-25,40-41H,26H2. The summed E-state index contributed by atoms with van der Waals surface area (Å²) in [6, 6.07) is 54.5. The van der Waals surface area contributed by atoms with Crippen LogP contribution >= 0.6 is 0 Å². The quantitative estimate of drug-likeness (QED) is 0.181. The second-order valence-corrected chi connectivity index (χ2v) is 12.5. The summed E-state index contributed by atoms with van der Waals surface area (Å²) >= 11 is 0. The van der Waals surface area contributed by atoms with Crippen LogP contribution in [0.25, 0.3) is 0 Å². The van der Waals surface area contributed by atoms with Crippen molar-refractivity contribution in [1.29, 1.82) is 0 Å². The van der Waals surface area contributed by atoms with Gasteiger partial charge in [0.15, 0.2) is 0 Å². The number of rotatable bonds is 1. The zero-order valence-electron chi connectivity index (χ0n) is 23.7. The minimum atomic E-state index is -0.500. The van der Waals surface area contributed by atoms with Gasteiger partial charge in [-0.2, -0.15) is 0 Å². The molecule has 0 saturated heterocycles. The van der Waals surface area contributed by atoms with Crippen LogP contribution in [0.15, 0.2) is 146 Å². The summed E-state index contributed by atoms with van der Waals surface area (Å²) in [6.07, 6.45) is 0.725. The highest BCUT2D eigenvalue weighted by Crippen LogP contribution is 2.61. The van der Waals surface area contributed by atoms with Gasteiger partial charge in [0, 0.05) is 18.3 Å². The van der Waals surface area contributed by atoms with Crippen molar-refractivity contribution in [3.63, 3.8) is 0 Å². The number of benzene rings is 6. The fourth-order valence-electron chi connectivity index (χ4n) is 9.36. The molecule has 0 amide bonds. The van der Waals surface area contributed by atoms with Crippen molar-refractivity contribution in [2.75, 3.05) is 0 Å². The Labute approximate surface area is 252 Å². The van der Waals surface area contributed by atoms with E-state index in [9.17, 15) is 0 Å². The molecule has 0 radical (unpaired) electrons. The summed E-state index contributed by atoms with van der Waals surface area (Å²) in [5.41, 5.74) is 15.9. The summed E-state index contributed by atoms with van der Waals surface area (Å²) in [5, 5.41) is 0. The van der Waals surface area contributed by atoms with Crippen LogP contribution in [0.4, 0.5) is 0 Å². The molecule has 43 heavy (non-hydrogen) atoms.